The SMILES string of the molecule is CCOC(=O)c1nc(C2CCOC2)sc1C(C)=O. The van der Waals surface area contributed by atoms with E-state index in [-0.39, 0.29) is 24.0 Å². The van der Waals surface area contributed by atoms with Crippen molar-refractivity contribution in [3.63, 3.8) is 0 Å². The summed E-state index contributed by atoms with van der Waals surface area (Å²) >= 11 is 1.28. The lowest BCUT2D eigenvalue weighted by Gasteiger charge is -2.01. The fraction of sp³-hybridized carbons (Fsp3) is 0.583. The van der Waals surface area contributed by atoms with Gasteiger partial charge >= 0.3 is 5.97 Å². The first kappa shape index (κ1) is 13.2. The second-order valence-corrected chi connectivity index (χ2v) is 5.10. The van der Waals surface area contributed by atoms with Crippen LogP contribution in [0.4, 0.5) is 0 Å². The van der Waals surface area contributed by atoms with Crippen molar-refractivity contribution in [1.82, 2.24) is 4.98 Å². The number of ketones is 1. The number of carbonyl (C=O) groups excluding carboxylic acids is 2. The third-order valence-corrected chi connectivity index (χ3v) is 4.03. The zero-order valence-electron chi connectivity index (χ0n) is 10.4. The van der Waals surface area contributed by atoms with Gasteiger partial charge in [-0.2, -0.15) is 0 Å². The van der Waals surface area contributed by atoms with Crippen molar-refractivity contribution in [3.05, 3.63) is 15.6 Å². The largest absolute Gasteiger partial charge is 0.461 e. The third kappa shape index (κ3) is 2.59. The van der Waals surface area contributed by atoms with Crippen LogP contribution in [0.2, 0.25) is 0 Å². The maximum Gasteiger partial charge on any atom is 0.358 e. The fourth-order valence-electron chi connectivity index (χ4n) is 1.82. The number of hydrogen-bond acceptors (Lipinski definition) is 6. The Morgan fingerprint density at radius 3 is 2.89 bits per heavy atom. The molecule has 0 aromatic carbocycles. The van der Waals surface area contributed by atoms with Gasteiger partial charge in [0.2, 0.25) is 0 Å². The van der Waals surface area contributed by atoms with E-state index in [1.54, 1.807) is 6.92 Å². The van der Waals surface area contributed by atoms with Crippen LogP contribution in [0.15, 0.2) is 0 Å². The Kier molecular flexibility index (Phi) is 4.08. The molecule has 5 nitrogen and oxygen atoms in total. The predicted molar refractivity (Wildman–Crippen MR) is 66.3 cm³/mol. The minimum Gasteiger partial charge on any atom is -0.461 e. The minimum absolute atomic E-state index is 0.149. The van der Waals surface area contributed by atoms with Gasteiger partial charge in [-0.25, -0.2) is 9.78 Å². The van der Waals surface area contributed by atoms with Gasteiger partial charge in [-0.3, -0.25) is 4.79 Å². The maximum atomic E-state index is 11.7. The topological polar surface area (TPSA) is 65.5 Å². The number of thiazole rings is 1. The van der Waals surface area contributed by atoms with Crippen molar-refractivity contribution in [1.29, 1.82) is 0 Å². The lowest BCUT2D eigenvalue weighted by Crippen LogP contribution is -2.09. The molecular formula is C12H15NO4S. The standard InChI is InChI=1S/C12H15NO4S/c1-3-17-12(15)9-10(7(2)14)18-11(13-9)8-4-5-16-6-8/h8H,3-6H2,1-2H3. The molecule has 1 aromatic rings. The van der Waals surface area contributed by atoms with Crippen LogP contribution >= 0.6 is 11.3 Å². The molecule has 0 bridgehead atoms. The second-order valence-electron chi connectivity index (χ2n) is 4.07. The summed E-state index contributed by atoms with van der Waals surface area (Å²) in [6, 6.07) is 0. The Balaban J connectivity index is 2.31. The van der Waals surface area contributed by atoms with Crippen molar-refractivity contribution in [3.8, 4) is 0 Å². The first-order chi connectivity index (χ1) is 8.63. The Morgan fingerprint density at radius 1 is 1.56 bits per heavy atom. The third-order valence-electron chi connectivity index (χ3n) is 2.71. The van der Waals surface area contributed by atoms with Gasteiger partial charge < -0.3 is 9.47 Å². The first-order valence-electron chi connectivity index (χ1n) is 5.90. The Hall–Kier alpha value is -1.27. The van der Waals surface area contributed by atoms with Crippen LogP contribution in [0, 0.1) is 0 Å². The van der Waals surface area contributed by atoms with Gasteiger partial charge in [-0.05, 0) is 13.3 Å². The van der Waals surface area contributed by atoms with Crippen LogP contribution in [0.25, 0.3) is 0 Å². The molecule has 0 aliphatic carbocycles. The molecule has 2 heterocycles. The van der Waals surface area contributed by atoms with Gasteiger partial charge in [0.15, 0.2) is 11.5 Å². The van der Waals surface area contributed by atoms with Crippen molar-refractivity contribution in [2.45, 2.75) is 26.2 Å². The van der Waals surface area contributed by atoms with E-state index >= 15 is 0 Å². The highest BCUT2D eigenvalue weighted by Crippen LogP contribution is 2.31. The molecule has 1 saturated heterocycles. The lowest BCUT2D eigenvalue weighted by molar-refractivity contribution is 0.0517. The molecule has 1 aliphatic heterocycles. The van der Waals surface area contributed by atoms with E-state index in [1.807, 2.05) is 0 Å². The highest BCUT2D eigenvalue weighted by molar-refractivity contribution is 7.14. The summed E-state index contributed by atoms with van der Waals surface area (Å²) in [7, 11) is 0. The maximum absolute atomic E-state index is 11.7. The average Bonchev–Trinajstić information content (AvgIpc) is 2.98. The van der Waals surface area contributed by atoms with E-state index in [0.717, 1.165) is 11.4 Å². The zero-order chi connectivity index (χ0) is 13.1. The summed E-state index contributed by atoms with van der Waals surface area (Å²) in [6.45, 7) is 4.74. The number of carbonyl (C=O) groups is 2. The molecule has 2 rings (SSSR count). The van der Waals surface area contributed by atoms with Crippen molar-refractivity contribution in [2.75, 3.05) is 19.8 Å². The number of rotatable bonds is 4. The highest BCUT2D eigenvalue weighted by atomic mass is 32.1. The molecule has 0 N–H and O–H groups in total. The zero-order valence-corrected chi connectivity index (χ0v) is 11.2. The van der Waals surface area contributed by atoms with Gasteiger partial charge in [0.25, 0.3) is 0 Å². The van der Waals surface area contributed by atoms with E-state index < -0.39 is 5.97 Å². The van der Waals surface area contributed by atoms with E-state index in [0.29, 0.717) is 18.1 Å². The molecule has 0 spiro atoms. The Bertz CT molecular complexity index is 463. The van der Waals surface area contributed by atoms with Gasteiger partial charge in [0.05, 0.1) is 18.2 Å². The first-order valence-corrected chi connectivity index (χ1v) is 6.71. The predicted octanol–water partition coefficient (Wildman–Crippen LogP) is 2.03. The molecule has 0 saturated carbocycles. The Labute approximate surface area is 109 Å². The van der Waals surface area contributed by atoms with Gasteiger partial charge in [0, 0.05) is 19.4 Å². The van der Waals surface area contributed by atoms with Crippen molar-refractivity contribution < 1.29 is 19.1 Å². The van der Waals surface area contributed by atoms with Gasteiger partial charge in [-0.15, -0.1) is 11.3 Å². The van der Waals surface area contributed by atoms with Gasteiger partial charge in [0.1, 0.15) is 4.88 Å². The van der Waals surface area contributed by atoms with E-state index in [1.165, 1.54) is 18.3 Å². The molecule has 18 heavy (non-hydrogen) atoms. The van der Waals surface area contributed by atoms with E-state index in [4.69, 9.17) is 9.47 Å². The number of nitrogens with zero attached hydrogens (tertiary/aromatic N) is 1. The summed E-state index contributed by atoms with van der Waals surface area (Å²) < 4.78 is 10.2. The van der Waals surface area contributed by atoms with Crippen LogP contribution in [-0.4, -0.2) is 36.6 Å². The molecule has 1 aromatic heterocycles. The van der Waals surface area contributed by atoms with Crippen LogP contribution in [0.5, 0.6) is 0 Å². The normalized spacial score (nSPS) is 18.9. The quantitative estimate of drug-likeness (QED) is 0.618. The molecule has 1 atom stereocenters. The number of Topliss-reactive ketones (excluding diaryl/α,β-unsaturated/α-hetero) is 1. The summed E-state index contributed by atoms with van der Waals surface area (Å²) in [5.41, 5.74) is 0.149. The van der Waals surface area contributed by atoms with Crippen LogP contribution in [0.3, 0.4) is 0 Å². The molecular weight excluding hydrogens is 254 g/mol. The number of ether oxygens (including phenoxy) is 2. The molecule has 0 amide bonds. The highest BCUT2D eigenvalue weighted by Gasteiger charge is 2.27. The summed E-state index contributed by atoms with van der Waals surface area (Å²) in [5.74, 6) is -0.485. The summed E-state index contributed by atoms with van der Waals surface area (Å²) in [4.78, 5) is 27.9. The monoisotopic (exact) mass is 269 g/mol. The fourth-order valence-corrected chi connectivity index (χ4v) is 2.89. The summed E-state index contributed by atoms with van der Waals surface area (Å²) in [5, 5.41) is 0.792. The van der Waals surface area contributed by atoms with Crippen LogP contribution in [0.1, 0.15) is 51.4 Å². The number of hydrogen-bond donors (Lipinski definition) is 0. The molecule has 1 unspecified atom stereocenters. The second kappa shape index (κ2) is 5.58. The smallest absolute Gasteiger partial charge is 0.358 e. The molecule has 98 valence electrons. The Morgan fingerprint density at radius 2 is 2.33 bits per heavy atom. The van der Waals surface area contributed by atoms with E-state index in [9.17, 15) is 9.59 Å². The van der Waals surface area contributed by atoms with Crippen molar-refractivity contribution >= 4 is 23.1 Å². The number of esters is 1. The van der Waals surface area contributed by atoms with E-state index in [2.05, 4.69) is 4.98 Å². The lowest BCUT2D eigenvalue weighted by atomic mass is 10.1. The molecule has 0 radical (unpaired) electrons. The van der Waals surface area contributed by atoms with Gasteiger partial charge in [-0.1, -0.05) is 0 Å². The minimum atomic E-state index is -0.524. The summed E-state index contributed by atoms with van der Waals surface area (Å²) in [6.07, 6.45) is 0.882. The molecule has 6 heteroatoms. The molecule has 1 aliphatic rings. The van der Waals surface area contributed by atoms with Crippen LogP contribution < -0.4 is 0 Å². The van der Waals surface area contributed by atoms with Crippen LogP contribution in [-0.2, 0) is 9.47 Å². The van der Waals surface area contributed by atoms with Crippen molar-refractivity contribution in [2.24, 2.45) is 0 Å². The number of aromatic nitrogens is 1. The average molecular weight is 269 g/mol. The molecule has 1 fully saturated rings.